The minimum atomic E-state index is 0.308. The number of amides is 1. The SMILES string of the molecule is N#Cc1ccc(CN2CCN(CC(=O)N3CCCCCC3)CC2)cc1. The molecule has 2 aliphatic heterocycles. The lowest BCUT2D eigenvalue weighted by atomic mass is 10.1. The highest BCUT2D eigenvalue weighted by atomic mass is 16.2. The van der Waals surface area contributed by atoms with E-state index in [2.05, 4.69) is 20.8 Å². The first-order chi connectivity index (χ1) is 12.2. The normalized spacial score (nSPS) is 20.0. The zero-order chi connectivity index (χ0) is 17.5. The lowest BCUT2D eigenvalue weighted by molar-refractivity contribution is -0.132. The second-order valence-electron chi connectivity index (χ2n) is 7.16. The van der Waals surface area contributed by atoms with Gasteiger partial charge in [-0.1, -0.05) is 25.0 Å². The monoisotopic (exact) mass is 340 g/mol. The molecule has 0 aromatic heterocycles. The Morgan fingerprint density at radius 1 is 0.880 bits per heavy atom. The fraction of sp³-hybridized carbons (Fsp3) is 0.600. The molecule has 0 aliphatic carbocycles. The molecule has 1 aromatic rings. The largest absolute Gasteiger partial charge is 0.342 e. The summed E-state index contributed by atoms with van der Waals surface area (Å²) in [6, 6.07) is 9.99. The molecule has 0 atom stereocenters. The Morgan fingerprint density at radius 3 is 2.08 bits per heavy atom. The standard InChI is InChI=1S/C20H28N4O/c21-15-18-5-7-19(8-6-18)16-22-11-13-23(14-12-22)17-20(25)24-9-3-1-2-4-10-24/h5-8H,1-4,9-14,16-17H2. The quantitative estimate of drug-likeness (QED) is 0.842. The van der Waals surface area contributed by atoms with Crippen LogP contribution in [0.15, 0.2) is 24.3 Å². The Bertz CT molecular complexity index is 591. The van der Waals surface area contributed by atoms with Crippen LogP contribution >= 0.6 is 0 Å². The minimum absolute atomic E-state index is 0.308. The summed E-state index contributed by atoms with van der Waals surface area (Å²) in [6.45, 7) is 7.27. The van der Waals surface area contributed by atoms with Gasteiger partial charge < -0.3 is 4.90 Å². The summed E-state index contributed by atoms with van der Waals surface area (Å²) < 4.78 is 0. The third-order valence-corrected chi connectivity index (χ3v) is 5.27. The molecule has 25 heavy (non-hydrogen) atoms. The van der Waals surface area contributed by atoms with Crippen molar-refractivity contribution in [1.29, 1.82) is 5.26 Å². The van der Waals surface area contributed by atoms with Crippen LogP contribution in [0.3, 0.4) is 0 Å². The van der Waals surface area contributed by atoms with Gasteiger partial charge in [0.2, 0.25) is 5.91 Å². The van der Waals surface area contributed by atoms with Gasteiger partial charge in [0.05, 0.1) is 18.2 Å². The van der Waals surface area contributed by atoms with Crippen LogP contribution in [0, 0.1) is 11.3 Å². The van der Waals surface area contributed by atoms with Gasteiger partial charge in [-0.25, -0.2) is 0 Å². The van der Waals surface area contributed by atoms with E-state index >= 15 is 0 Å². The first-order valence-electron chi connectivity index (χ1n) is 9.46. The van der Waals surface area contributed by atoms with Crippen molar-refractivity contribution < 1.29 is 4.79 Å². The molecule has 0 N–H and O–H groups in total. The molecule has 134 valence electrons. The van der Waals surface area contributed by atoms with Crippen molar-refractivity contribution >= 4 is 5.91 Å². The predicted octanol–water partition coefficient (Wildman–Crippen LogP) is 2.08. The summed E-state index contributed by atoms with van der Waals surface area (Å²) in [6.07, 6.45) is 4.84. The van der Waals surface area contributed by atoms with Crippen molar-refractivity contribution in [3.63, 3.8) is 0 Å². The molecule has 0 saturated carbocycles. The van der Waals surface area contributed by atoms with Crippen molar-refractivity contribution in [2.45, 2.75) is 32.2 Å². The summed E-state index contributed by atoms with van der Waals surface area (Å²) in [5.74, 6) is 0.308. The Hall–Kier alpha value is -1.90. The molecular formula is C20H28N4O. The fourth-order valence-corrected chi connectivity index (χ4v) is 3.66. The van der Waals surface area contributed by atoms with Crippen LogP contribution in [0.5, 0.6) is 0 Å². The van der Waals surface area contributed by atoms with E-state index in [0.29, 0.717) is 18.0 Å². The highest BCUT2D eigenvalue weighted by Gasteiger charge is 2.22. The van der Waals surface area contributed by atoms with Gasteiger partial charge in [0.25, 0.3) is 0 Å². The third-order valence-electron chi connectivity index (χ3n) is 5.27. The second-order valence-corrected chi connectivity index (χ2v) is 7.16. The van der Waals surface area contributed by atoms with Crippen LogP contribution in [-0.2, 0) is 11.3 Å². The van der Waals surface area contributed by atoms with Crippen LogP contribution in [0.1, 0.15) is 36.8 Å². The molecule has 0 spiro atoms. The number of carbonyl (C=O) groups is 1. The lowest BCUT2D eigenvalue weighted by Crippen LogP contribution is -2.49. The maximum atomic E-state index is 12.5. The molecule has 2 saturated heterocycles. The molecular weight excluding hydrogens is 312 g/mol. The van der Waals surface area contributed by atoms with Crippen molar-refractivity contribution in [3.05, 3.63) is 35.4 Å². The van der Waals surface area contributed by atoms with Gasteiger partial charge in [-0.05, 0) is 30.5 Å². The Labute approximate surface area is 150 Å². The van der Waals surface area contributed by atoms with Gasteiger partial charge in [-0.2, -0.15) is 5.26 Å². The van der Waals surface area contributed by atoms with Gasteiger partial charge in [0.15, 0.2) is 0 Å². The number of hydrogen-bond acceptors (Lipinski definition) is 4. The molecule has 5 heteroatoms. The summed E-state index contributed by atoms with van der Waals surface area (Å²) in [7, 11) is 0. The number of benzene rings is 1. The number of likely N-dealkylation sites (tertiary alicyclic amines) is 1. The van der Waals surface area contributed by atoms with Gasteiger partial charge >= 0.3 is 0 Å². The fourth-order valence-electron chi connectivity index (χ4n) is 3.66. The molecule has 0 unspecified atom stereocenters. The molecule has 5 nitrogen and oxygen atoms in total. The zero-order valence-electron chi connectivity index (χ0n) is 15.0. The number of hydrogen-bond donors (Lipinski definition) is 0. The number of nitriles is 1. The molecule has 0 radical (unpaired) electrons. The van der Waals surface area contributed by atoms with Crippen molar-refractivity contribution in [1.82, 2.24) is 14.7 Å². The maximum absolute atomic E-state index is 12.5. The molecule has 0 bridgehead atoms. The predicted molar refractivity (Wildman–Crippen MR) is 97.9 cm³/mol. The van der Waals surface area contributed by atoms with Crippen LogP contribution in [0.4, 0.5) is 0 Å². The van der Waals surface area contributed by atoms with E-state index in [1.54, 1.807) is 0 Å². The van der Waals surface area contributed by atoms with Crippen molar-refractivity contribution in [3.8, 4) is 6.07 Å². The molecule has 2 aliphatic rings. The van der Waals surface area contributed by atoms with E-state index < -0.39 is 0 Å². The average molecular weight is 340 g/mol. The number of carbonyl (C=O) groups excluding carboxylic acids is 1. The summed E-state index contributed by atoms with van der Waals surface area (Å²) >= 11 is 0. The van der Waals surface area contributed by atoms with Gasteiger partial charge in [-0.15, -0.1) is 0 Å². The van der Waals surface area contributed by atoms with Crippen molar-refractivity contribution in [2.75, 3.05) is 45.8 Å². The van der Waals surface area contributed by atoms with E-state index in [1.807, 2.05) is 24.3 Å². The molecule has 2 heterocycles. The van der Waals surface area contributed by atoms with Crippen LogP contribution in [-0.4, -0.2) is 66.4 Å². The van der Waals surface area contributed by atoms with Crippen LogP contribution < -0.4 is 0 Å². The Kier molecular flexibility index (Phi) is 6.43. The molecule has 2 fully saturated rings. The van der Waals surface area contributed by atoms with E-state index in [4.69, 9.17) is 5.26 Å². The Morgan fingerprint density at radius 2 is 1.48 bits per heavy atom. The molecule has 1 aromatic carbocycles. The molecule has 3 rings (SSSR count). The smallest absolute Gasteiger partial charge is 0.236 e. The Balaban J connectivity index is 1.42. The number of nitrogens with zero attached hydrogens (tertiary/aromatic N) is 4. The van der Waals surface area contributed by atoms with Gasteiger partial charge in [0, 0.05) is 45.8 Å². The van der Waals surface area contributed by atoms with Crippen LogP contribution in [0.25, 0.3) is 0 Å². The molecule has 1 amide bonds. The lowest BCUT2D eigenvalue weighted by Gasteiger charge is -2.35. The second kappa shape index (κ2) is 8.98. The summed E-state index contributed by atoms with van der Waals surface area (Å²) in [5, 5.41) is 8.86. The van der Waals surface area contributed by atoms with E-state index in [-0.39, 0.29) is 0 Å². The average Bonchev–Trinajstić information content (AvgIpc) is 2.93. The first-order valence-corrected chi connectivity index (χ1v) is 9.46. The number of rotatable bonds is 4. The van der Waals surface area contributed by atoms with Gasteiger partial charge in [0.1, 0.15) is 0 Å². The summed E-state index contributed by atoms with van der Waals surface area (Å²) in [5.41, 5.74) is 1.95. The maximum Gasteiger partial charge on any atom is 0.236 e. The topological polar surface area (TPSA) is 50.6 Å². The highest BCUT2D eigenvalue weighted by Crippen LogP contribution is 2.12. The zero-order valence-corrected chi connectivity index (χ0v) is 15.0. The van der Waals surface area contributed by atoms with E-state index in [9.17, 15) is 4.79 Å². The van der Waals surface area contributed by atoms with E-state index in [0.717, 1.165) is 58.7 Å². The highest BCUT2D eigenvalue weighted by molar-refractivity contribution is 5.78. The minimum Gasteiger partial charge on any atom is -0.342 e. The number of piperazine rings is 1. The van der Waals surface area contributed by atoms with Gasteiger partial charge in [-0.3, -0.25) is 14.6 Å². The first kappa shape index (κ1) is 17.9. The van der Waals surface area contributed by atoms with E-state index in [1.165, 1.54) is 18.4 Å². The van der Waals surface area contributed by atoms with Crippen molar-refractivity contribution in [2.24, 2.45) is 0 Å². The van der Waals surface area contributed by atoms with Crippen LogP contribution in [0.2, 0.25) is 0 Å². The third kappa shape index (κ3) is 5.29. The summed E-state index contributed by atoms with van der Waals surface area (Å²) in [4.78, 5) is 19.3.